The molecular weight excluding hydrogens is 426 g/mol. The average Bonchev–Trinajstić information content (AvgIpc) is 3.28. The normalized spacial score (nSPS) is 11.6. The average molecular weight is 450 g/mol. The molecule has 0 aliphatic carbocycles. The maximum absolute atomic E-state index is 10.6. The zero-order chi connectivity index (χ0) is 23.9. The topological polar surface area (TPSA) is 91.4 Å². The predicted molar refractivity (Wildman–Crippen MR) is 132 cm³/mol. The van der Waals surface area contributed by atoms with Crippen molar-refractivity contribution in [1.82, 2.24) is 15.0 Å². The van der Waals surface area contributed by atoms with E-state index in [4.69, 9.17) is 0 Å². The number of aromatic hydroxyl groups is 3. The lowest BCUT2D eigenvalue weighted by Gasteiger charge is -2.34. The number of allylic oxidation sites excluding steroid dienone is 1. The minimum atomic E-state index is -0.697. The second-order valence-corrected chi connectivity index (χ2v) is 8.38. The molecule has 3 N–H and O–H groups in total. The highest BCUT2D eigenvalue weighted by Crippen LogP contribution is 2.44. The van der Waals surface area contributed by atoms with Gasteiger partial charge < -0.3 is 15.3 Å². The van der Waals surface area contributed by atoms with E-state index in [1.54, 1.807) is 30.3 Å². The van der Waals surface area contributed by atoms with Crippen LogP contribution in [0.5, 0.6) is 17.2 Å². The first kappa shape index (κ1) is 21.3. The van der Waals surface area contributed by atoms with Crippen LogP contribution in [0.1, 0.15) is 23.6 Å². The van der Waals surface area contributed by atoms with E-state index < -0.39 is 5.41 Å². The lowest BCUT2D eigenvalue weighted by atomic mass is 9.69. The molecule has 0 bridgehead atoms. The fourth-order valence-corrected chi connectivity index (χ4v) is 4.23. The molecule has 168 valence electrons. The van der Waals surface area contributed by atoms with Crippen LogP contribution in [0.3, 0.4) is 0 Å². The van der Waals surface area contributed by atoms with E-state index in [1.165, 1.54) is 4.80 Å². The number of phenolic OH excluding ortho intramolecular Hbond substituents is 3. The van der Waals surface area contributed by atoms with Crippen molar-refractivity contribution in [3.63, 3.8) is 0 Å². The molecule has 0 atom stereocenters. The molecule has 4 aromatic carbocycles. The number of fused-ring (bicyclic) bond motifs is 1. The van der Waals surface area contributed by atoms with Gasteiger partial charge in [0.15, 0.2) is 0 Å². The van der Waals surface area contributed by atoms with Crippen molar-refractivity contribution in [2.45, 2.75) is 12.3 Å². The number of nitrogens with zero attached hydrogens (tertiary/aromatic N) is 3. The monoisotopic (exact) mass is 449 g/mol. The van der Waals surface area contributed by atoms with Crippen molar-refractivity contribution in [2.24, 2.45) is 0 Å². The van der Waals surface area contributed by atoms with Gasteiger partial charge in [0.05, 0.1) is 0 Å². The minimum Gasteiger partial charge on any atom is -0.508 e. The first-order valence-corrected chi connectivity index (χ1v) is 10.8. The summed E-state index contributed by atoms with van der Waals surface area (Å²) >= 11 is 0. The van der Waals surface area contributed by atoms with Gasteiger partial charge in [0.25, 0.3) is 0 Å². The van der Waals surface area contributed by atoms with Gasteiger partial charge in [-0.1, -0.05) is 49.0 Å². The standard InChI is InChI=1S/C28H23N3O3/c1-18(28(2,20-8-12-22(32)13-9-20)21-10-14-23(33)15-11-21)19-7-16-27(34)26(17-19)31-29-24-5-3-4-6-25(24)30-31/h3-17,32-34H,1H2,2H3. The number of rotatable bonds is 5. The fourth-order valence-electron chi connectivity index (χ4n) is 4.23. The molecule has 0 radical (unpaired) electrons. The molecule has 0 spiro atoms. The fraction of sp³-hybridized carbons (Fsp3) is 0.0714. The lowest BCUT2D eigenvalue weighted by Crippen LogP contribution is -2.25. The third-order valence-corrected chi connectivity index (χ3v) is 6.32. The Bertz CT molecular complexity index is 1420. The zero-order valence-electron chi connectivity index (χ0n) is 18.6. The molecule has 0 unspecified atom stereocenters. The first-order chi connectivity index (χ1) is 16.4. The van der Waals surface area contributed by atoms with Gasteiger partial charge in [-0.3, -0.25) is 0 Å². The highest BCUT2D eigenvalue weighted by atomic mass is 16.3. The molecule has 6 nitrogen and oxygen atoms in total. The summed E-state index contributed by atoms with van der Waals surface area (Å²) in [5.41, 5.74) is 4.58. The third-order valence-electron chi connectivity index (χ3n) is 6.32. The van der Waals surface area contributed by atoms with Crippen molar-refractivity contribution in [2.75, 3.05) is 0 Å². The molecule has 1 heterocycles. The second-order valence-electron chi connectivity index (χ2n) is 8.38. The van der Waals surface area contributed by atoms with E-state index in [2.05, 4.69) is 16.8 Å². The number of phenols is 3. The molecular formula is C28H23N3O3. The van der Waals surface area contributed by atoms with Crippen LogP contribution in [-0.4, -0.2) is 30.3 Å². The quantitative estimate of drug-likeness (QED) is 0.327. The molecule has 0 aliphatic rings. The summed E-state index contributed by atoms with van der Waals surface area (Å²) in [7, 11) is 0. The summed E-state index contributed by atoms with van der Waals surface area (Å²) in [5, 5.41) is 39.3. The third kappa shape index (κ3) is 3.55. The van der Waals surface area contributed by atoms with Gasteiger partial charge in [0.2, 0.25) is 0 Å². The Hall–Kier alpha value is -4.58. The molecule has 0 saturated heterocycles. The van der Waals surface area contributed by atoms with Crippen LogP contribution in [0.2, 0.25) is 0 Å². The number of aromatic nitrogens is 3. The molecule has 0 amide bonds. The van der Waals surface area contributed by atoms with Crippen LogP contribution in [0.25, 0.3) is 22.3 Å². The summed E-state index contributed by atoms with van der Waals surface area (Å²) < 4.78 is 0. The van der Waals surface area contributed by atoms with E-state index in [-0.39, 0.29) is 17.2 Å². The molecule has 5 aromatic rings. The SMILES string of the molecule is C=C(c1ccc(O)c(-n2nc3ccccc3n2)c1)C(C)(c1ccc(O)cc1)c1ccc(O)cc1. The van der Waals surface area contributed by atoms with E-state index in [0.29, 0.717) is 5.69 Å². The van der Waals surface area contributed by atoms with Crippen molar-refractivity contribution < 1.29 is 15.3 Å². The molecule has 0 fully saturated rings. The molecule has 34 heavy (non-hydrogen) atoms. The Morgan fingerprint density at radius 1 is 0.735 bits per heavy atom. The Labute approximate surface area is 196 Å². The smallest absolute Gasteiger partial charge is 0.143 e. The van der Waals surface area contributed by atoms with Gasteiger partial charge in [0, 0.05) is 5.41 Å². The van der Waals surface area contributed by atoms with E-state index in [1.807, 2.05) is 67.6 Å². The van der Waals surface area contributed by atoms with Gasteiger partial charge >= 0.3 is 0 Å². The van der Waals surface area contributed by atoms with E-state index in [9.17, 15) is 15.3 Å². The summed E-state index contributed by atoms with van der Waals surface area (Å²) in [6.45, 7) is 6.49. The van der Waals surface area contributed by atoms with Gasteiger partial charge in [0.1, 0.15) is 34.0 Å². The Balaban J connectivity index is 1.65. The van der Waals surface area contributed by atoms with Crippen molar-refractivity contribution in [3.05, 3.63) is 114 Å². The molecule has 0 aliphatic heterocycles. The van der Waals surface area contributed by atoms with Crippen LogP contribution in [0.15, 0.2) is 97.6 Å². The van der Waals surface area contributed by atoms with Crippen molar-refractivity contribution in [3.8, 4) is 22.9 Å². The maximum atomic E-state index is 10.6. The van der Waals surface area contributed by atoms with Crippen LogP contribution in [-0.2, 0) is 5.41 Å². The number of hydrogen-bond acceptors (Lipinski definition) is 5. The highest BCUT2D eigenvalue weighted by Gasteiger charge is 2.33. The minimum absolute atomic E-state index is 0.0489. The predicted octanol–water partition coefficient (Wildman–Crippen LogP) is 5.56. The Morgan fingerprint density at radius 2 is 1.24 bits per heavy atom. The molecule has 6 heteroatoms. The van der Waals surface area contributed by atoms with Gasteiger partial charge in [-0.2, -0.15) is 0 Å². The Morgan fingerprint density at radius 3 is 1.74 bits per heavy atom. The van der Waals surface area contributed by atoms with Crippen LogP contribution in [0, 0.1) is 0 Å². The molecule has 1 aromatic heterocycles. The van der Waals surface area contributed by atoms with Gasteiger partial charge in [-0.25, -0.2) is 0 Å². The largest absolute Gasteiger partial charge is 0.508 e. The first-order valence-electron chi connectivity index (χ1n) is 10.8. The number of benzene rings is 4. The summed E-state index contributed by atoms with van der Waals surface area (Å²) in [6, 6.07) is 26.7. The maximum Gasteiger partial charge on any atom is 0.143 e. The van der Waals surface area contributed by atoms with Crippen molar-refractivity contribution in [1.29, 1.82) is 0 Å². The van der Waals surface area contributed by atoms with Gasteiger partial charge in [-0.15, -0.1) is 15.0 Å². The summed E-state index contributed by atoms with van der Waals surface area (Å²) in [6.07, 6.45) is 0. The van der Waals surface area contributed by atoms with Crippen molar-refractivity contribution >= 4 is 16.6 Å². The van der Waals surface area contributed by atoms with Crippen LogP contribution in [0.4, 0.5) is 0 Å². The van der Waals surface area contributed by atoms with Crippen LogP contribution < -0.4 is 0 Å². The van der Waals surface area contributed by atoms with E-state index >= 15 is 0 Å². The van der Waals surface area contributed by atoms with Crippen LogP contribution >= 0.6 is 0 Å². The highest BCUT2D eigenvalue weighted by molar-refractivity contribution is 5.80. The lowest BCUT2D eigenvalue weighted by molar-refractivity contribution is 0.467. The van der Waals surface area contributed by atoms with Gasteiger partial charge in [-0.05, 0) is 77.7 Å². The number of hydrogen-bond donors (Lipinski definition) is 3. The second kappa shape index (κ2) is 8.08. The summed E-state index contributed by atoms with van der Waals surface area (Å²) in [4.78, 5) is 1.43. The van der Waals surface area contributed by atoms with E-state index in [0.717, 1.165) is 33.3 Å². The molecule has 5 rings (SSSR count). The summed E-state index contributed by atoms with van der Waals surface area (Å²) in [5.74, 6) is 0.394. The zero-order valence-corrected chi connectivity index (χ0v) is 18.6. The molecule has 0 saturated carbocycles. The Kier molecular flexibility index (Phi) is 5.06.